The zero-order valence-corrected chi connectivity index (χ0v) is 18.0. The van der Waals surface area contributed by atoms with Crippen LogP contribution in [0.3, 0.4) is 0 Å². The van der Waals surface area contributed by atoms with Gasteiger partial charge in [0.15, 0.2) is 0 Å². The summed E-state index contributed by atoms with van der Waals surface area (Å²) in [6.45, 7) is 2.14. The van der Waals surface area contributed by atoms with Crippen molar-refractivity contribution in [1.82, 2.24) is 19.7 Å². The number of amides is 1. The van der Waals surface area contributed by atoms with Gasteiger partial charge in [-0.2, -0.15) is 5.10 Å². The van der Waals surface area contributed by atoms with E-state index in [1.165, 1.54) is 11.3 Å². The van der Waals surface area contributed by atoms with Crippen LogP contribution in [0.25, 0.3) is 21.1 Å². The number of thiophene rings is 1. The maximum Gasteiger partial charge on any atom is 0.265 e. The smallest absolute Gasteiger partial charge is 0.265 e. The molecule has 0 saturated carbocycles. The van der Waals surface area contributed by atoms with Gasteiger partial charge in [0.25, 0.3) is 5.91 Å². The number of carbonyl (C=O) groups is 1. The molecule has 4 aromatic rings. The van der Waals surface area contributed by atoms with E-state index in [1.54, 1.807) is 11.8 Å². The Hall–Kier alpha value is -2.97. The van der Waals surface area contributed by atoms with Crippen LogP contribution in [0.5, 0.6) is 5.75 Å². The van der Waals surface area contributed by atoms with E-state index >= 15 is 0 Å². The van der Waals surface area contributed by atoms with Gasteiger partial charge in [0.05, 0.1) is 23.2 Å². The largest absolute Gasteiger partial charge is 0.494 e. The van der Waals surface area contributed by atoms with Crippen molar-refractivity contribution >= 4 is 44.1 Å². The highest BCUT2D eigenvalue weighted by atomic mass is 32.1. The standard InChI is InChI=1S/C22H23N5O2S/c1-26-7-6-14(11-26)16-5-4-13-9-20(30-22(13)24-16)21(28)23-18-8-15-12-27(2)25-17(15)10-19(18)29-3/h4-5,8-10,12,14H,6-7,11H2,1-3H3,(H,23,28)/t14-/m1/s1. The molecule has 7 nitrogen and oxygen atoms in total. The molecule has 1 amide bonds. The molecule has 0 aliphatic carbocycles. The van der Waals surface area contributed by atoms with Crippen LogP contribution in [-0.4, -0.2) is 52.8 Å². The lowest BCUT2D eigenvalue weighted by atomic mass is 10.0. The maximum absolute atomic E-state index is 13.0. The number of rotatable bonds is 4. The Labute approximate surface area is 178 Å². The first kappa shape index (κ1) is 19.0. The molecule has 5 rings (SSSR count). The van der Waals surface area contributed by atoms with E-state index in [0.717, 1.165) is 46.3 Å². The highest BCUT2D eigenvalue weighted by Gasteiger charge is 2.23. The molecule has 0 bridgehead atoms. The number of likely N-dealkylation sites (tertiary alicyclic amines) is 1. The molecule has 1 aliphatic heterocycles. The number of benzene rings is 1. The van der Waals surface area contributed by atoms with E-state index < -0.39 is 0 Å². The molecule has 1 saturated heterocycles. The molecule has 1 aromatic carbocycles. The van der Waals surface area contributed by atoms with E-state index in [0.29, 0.717) is 22.2 Å². The van der Waals surface area contributed by atoms with Crippen LogP contribution in [0.1, 0.15) is 27.7 Å². The highest BCUT2D eigenvalue weighted by Crippen LogP contribution is 2.32. The Balaban J connectivity index is 1.42. The summed E-state index contributed by atoms with van der Waals surface area (Å²) in [6.07, 6.45) is 3.04. The third-order valence-corrected chi connectivity index (χ3v) is 6.67. The van der Waals surface area contributed by atoms with Crippen LogP contribution in [0.4, 0.5) is 5.69 Å². The Morgan fingerprint density at radius 2 is 2.10 bits per heavy atom. The van der Waals surface area contributed by atoms with Gasteiger partial charge in [-0.3, -0.25) is 9.48 Å². The molecular weight excluding hydrogens is 398 g/mol. The average molecular weight is 422 g/mol. The number of anilines is 1. The molecule has 3 aromatic heterocycles. The van der Waals surface area contributed by atoms with Crippen molar-refractivity contribution in [2.45, 2.75) is 12.3 Å². The van der Waals surface area contributed by atoms with E-state index in [1.807, 2.05) is 31.4 Å². The van der Waals surface area contributed by atoms with Crippen LogP contribution >= 0.6 is 11.3 Å². The van der Waals surface area contributed by atoms with Crippen molar-refractivity contribution in [1.29, 1.82) is 0 Å². The molecule has 0 unspecified atom stereocenters. The number of hydrogen-bond acceptors (Lipinski definition) is 6. The summed E-state index contributed by atoms with van der Waals surface area (Å²) in [5.41, 5.74) is 2.57. The van der Waals surface area contributed by atoms with E-state index in [4.69, 9.17) is 9.72 Å². The summed E-state index contributed by atoms with van der Waals surface area (Å²) in [5.74, 6) is 0.886. The van der Waals surface area contributed by atoms with Gasteiger partial charge in [-0.05, 0) is 38.2 Å². The number of pyridine rings is 1. The van der Waals surface area contributed by atoms with Crippen molar-refractivity contribution in [2.24, 2.45) is 7.05 Å². The number of nitrogens with one attached hydrogen (secondary N) is 1. The summed E-state index contributed by atoms with van der Waals surface area (Å²) in [7, 11) is 5.60. The Morgan fingerprint density at radius 1 is 1.23 bits per heavy atom. The van der Waals surface area contributed by atoms with Crippen LogP contribution in [0.15, 0.2) is 36.5 Å². The first-order chi connectivity index (χ1) is 14.5. The van der Waals surface area contributed by atoms with E-state index in [9.17, 15) is 4.79 Å². The van der Waals surface area contributed by atoms with Crippen molar-refractivity contribution in [2.75, 3.05) is 32.6 Å². The second-order valence-corrected chi connectivity index (χ2v) is 8.89. The number of carbonyl (C=O) groups excluding carboxylic acids is 1. The summed E-state index contributed by atoms with van der Waals surface area (Å²) < 4.78 is 7.21. The Morgan fingerprint density at radius 3 is 2.87 bits per heavy atom. The molecule has 1 aliphatic rings. The molecule has 154 valence electrons. The van der Waals surface area contributed by atoms with Crippen LogP contribution < -0.4 is 10.1 Å². The molecular formula is C22H23N5O2S. The highest BCUT2D eigenvalue weighted by molar-refractivity contribution is 7.20. The minimum absolute atomic E-state index is 0.165. The van der Waals surface area contributed by atoms with Gasteiger partial charge in [0.1, 0.15) is 10.6 Å². The molecule has 1 atom stereocenters. The quantitative estimate of drug-likeness (QED) is 0.542. The van der Waals surface area contributed by atoms with Crippen molar-refractivity contribution in [3.05, 3.63) is 47.1 Å². The molecule has 4 heterocycles. The lowest BCUT2D eigenvalue weighted by Gasteiger charge is -2.09. The topological polar surface area (TPSA) is 72.3 Å². The van der Waals surface area contributed by atoms with Gasteiger partial charge in [-0.25, -0.2) is 4.98 Å². The second kappa shape index (κ2) is 7.37. The minimum atomic E-state index is -0.165. The first-order valence-corrected chi connectivity index (χ1v) is 10.7. The molecule has 8 heteroatoms. The fourth-order valence-corrected chi connectivity index (χ4v) is 5.01. The van der Waals surface area contributed by atoms with Crippen LogP contribution in [0.2, 0.25) is 0 Å². The predicted octanol–water partition coefficient (Wildman–Crippen LogP) is 3.86. The van der Waals surface area contributed by atoms with Gasteiger partial charge in [-0.15, -0.1) is 11.3 Å². The average Bonchev–Trinajstić information content (AvgIpc) is 3.43. The van der Waals surface area contributed by atoms with Gasteiger partial charge in [-0.1, -0.05) is 6.07 Å². The Kier molecular flexibility index (Phi) is 4.67. The van der Waals surface area contributed by atoms with Gasteiger partial charge in [0, 0.05) is 48.2 Å². The molecule has 0 spiro atoms. The number of hydrogen-bond donors (Lipinski definition) is 1. The van der Waals surface area contributed by atoms with Crippen molar-refractivity contribution < 1.29 is 9.53 Å². The lowest BCUT2D eigenvalue weighted by molar-refractivity contribution is 0.103. The van der Waals surface area contributed by atoms with Crippen molar-refractivity contribution in [3.63, 3.8) is 0 Å². The molecule has 30 heavy (non-hydrogen) atoms. The number of aryl methyl sites for hydroxylation is 1. The monoisotopic (exact) mass is 421 g/mol. The zero-order valence-electron chi connectivity index (χ0n) is 17.2. The van der Waals surface area contributed by atoms with Gasteiger partial charge in [0.2, 0.25) is 0 Å². The maximum atomic E-state index is 13.0. The number of aromatic nitrogens is 3. The zero-order chi connectivity index (χ0) is 20.8. The summed E-state index contributed by atoms with van der Waals surface area (Å²) >= 11 is 1.43. The summed E-state index contributed by atoms with van der Waals surface area (Å²) in [4.78, 5) is 21.7. The van der Waals surface area contributed by atoms with Crippen molar-refractivity contribution in [3.8, 4) is 5.75 Å². The second-order valence-electron chi connectivity index (χ2n) is 7.86. The predicted molar refractivity (Wildman–Crippen MR) is 120 cm³/mol. The number of methoxy groups -OCH3 is 1. The third kappa shape index (κ3) is 3.42. The number of nitrogens with zero attached hydrogens (tertiary/aromatic N) is 4. The summed E-state index contributed by atoms with van der Waals surface area (Å²) in [6, 6.07) is 9.80. The van der Waals surface area contributed by atoms with E-state index in [-0.39, 0.29) is 5.91 Å². The number of ether oxygens (including phenoxy) is 1. The minimum Gasteiger partial charge on any atom is -0.494 e. The lowest BCUT2D eigenvalue weighted by Crippen LogP contribution is -2.13. The number of likely N-dealkylation sites (N-methyl/N-ethyl adjacent to an activating group) is 1. The molecule has 1 fully saturated rings. The van der Waals surface area contributed by atoms with Crippen LogP contribution in [-0.2, 0) is 7.05 Å². The SMILES string of the molecule is COc1cc2nn(C)cc2cc1NC(=O)c1cc2ccc([C@@H]3CCN(C)C3)nc2s1. The fourth-order valence-electron chi connectivity index (χ4n) is 4.07. The molecule has 1 N–H and O–H groups in total. The van der Waals surface area contributed by atoms with Gasteiger partial charge < -0.3 is 15.0 Å². The normalized spacial score (nSPS) is 17.1. The Bertz CT molecular complexity index is 1260. The summed E-state index contributed by atoms with van der Waals surface area (Å²) in [5, 5.41) is 9.32. The fraction of sp³-hybridized carbons (Fsp3) is 0.318. The first-order valence-electron chi connectivity index (χ1n) is 9.92. The van der Waals surface area contributed by atoms with Crippen LogP contribution in [0, 0.1) is 0 Å². The van der Waals surface area contributed by atoms with E-state index in [2.05, 4.69) is 34.5 Å². The number of fused-ring (bicyclic) bond motifs is 2. The third-order valence-electron chi connectivity index (χ3n) is 5.63. The van der Waals surface area contributed by atoms with Gasteiger partial charge >= 0.3 is 0 Å². The molecule has 0 radical (unpaired) electrons.